The van der Waals surface area contributed by atoms with Gasteiger partial charge in [0.2, 0.25) is 0 Å². The SMILES string of the molecule is CCCO[C@@H]1CN[C@@H](C)C1. The van der Waals surface area contributed by atoms with Crippen LogP contribution in [0.5, 0.6) is 0 Å². The minimum Gasteiger partial charge on any atom is -0.377 e. The van der Waals surface area contributed by atoms with E-state index in [1.807, 2.05) is 0 Å². The second-order valence-corrected chi connectivity index (χ2v) is 3.04. The number of hydrogen-bond acceptors (Lipinski definition) is 2. The largest absolute Gasteiger partial charge is 0.377 e. The molecule has 1 rings (SSSR count). The molecule has 1 N–H and O–H groups in total. The number of nitrogens with one attached hydrogen (secondary N) is 1. The van der Waals surface area contributed by atoms with Crippen LogP contribution in [0.3, 0.4) is 0 Å². The highest BCUT2D eigenvalue weighted by Crippen LogP contribution is 2.09. The summed E-state index contributed by atoms with van der Waals surface area (Å²) >= 11 is 0. The minimum absolute atomic E-state index is 0.481. The molecule has 1 saturated heterocycles. The van der Waals surface area contributed by atoms with E-state index in [1.54, 1.807) is 0 Å². The van der Waals surface area contributed by atoms with Crippen LogP contribution in [0.25, 0.3) is 0 Å². The van der Waals surface area contributed by atoms with Gasteiger partial charge in [-0.05, 0) is 19.8 Å². The van der Waals surface area contributed by atoms with Crippen molar-refractivity contribution < 1.29 is 4.74 Å². The van der Waals surface area contributed by atoms with E-state index in [4.69, 9.17) is 4.74 Å². The molecule has 0 aliphatic carbocycles. The molecule has 0 amide bonds. The Balaban J connectivity index is 2.06. The van der Waals surface area contributed by atoms with E-state index in [0.29, 0.717) is 12.1 Å². The lowest BCUT2D eigenvalue weighted by molar-refractivity contribution is 0.0662. The maximum absolute atomic E-state index is 5.56. The maximum atomic E-state index is 5.56. The number of ether oxygens (including phenoxy) is 1. The lowest BCUT2D eigenvalue weighted by Gasteiger charge is -2.08. The minimum atomic E-state index is 0.481. The van der Waals surface area contributed by atoms with Crippen molar-refractivity contribution in [1.29, 1.82) is 0 Å². The summed E-state index contributed by atoms with van der Waals surface area (Å²) in [5, 5.41) is 3.35. The first-order valence-electron chi connectivity index (χ1n) is 4.18. The predicted molar refractivity (Wildman–Crippen MR) is 42.1 cm³/mol. The molecule has 1 heterocycles. The highest BCUT2D eigenvalue weighted by atomic mass is 16.5. The fourth-order valence-corrected chi connectivity index (χ4v) is 1.31. The Bertz CT molecular complexity index is 95.3. The smallest absolute Gasteiger partial charge is 0.0714 e. The van der Waals surface area contributed by atoms with Crippen molar-refractivity contribution in [3.8, 4) is 0 Å². The van der Waals surface area contributed by atoms with Crippen molar-refractivity contribution >= 4 is 0 Å². The van der Waals surface area contributed by atoms with E-state index in [2.05, 4.69) is 19.2 Å². The predicted octanol–water partition coefficient (Wildman–Crippen LogP) is 1.16. The molecule has 1 aliphatic rings. The zero-order valence-electron chi connectivity index (χ0n) is 6.89. The second-order valence-electron chi connectivity index (χ2n) is 3.04. The van der Waals surface area contributed by atoms with Crippen LogP contribution < -0.4 is 5.32 Å². The molecule has 2 heteroatoms. The van der Waals surface area contributed by atoms with E-state index >= 15 is 0 Å². The van der Waals surface area contributed by atoms with Gasteiger partial charge in [-0.15, -0.1) is 0 Å². The van der Waals surface area contributed by atoms with Gasteiger partial charge >= 0.3 is 0 Å². The summed E-state index contributed by atoms with van der Waals surface area (Å²) in [7, 11) is 0. The fraction of sp³-hybridized carbons (Fsp3) is 1.00. The molecule has 1 fully saturated rings. The van der Waals surface area contributed by atoms with Crippen LogP contribution in [-0.2, 0) is 4.74 Å². The zero-order chi connectivity index (χ0) is 7.40. The van der Waals surface area contributed by atoms with Gasteiger partial charge < -0.3 is 10.1 Å². The monoisotopic (exact) mass is 143 g/mol. The van der Waals surface area contributed by atoms with Crippen molar-refractivity contribution in [2.24, 2.45) is 0 Å². The Morgan fingerprint density at radius 2 is 2.40 bits per heavy atom. The fourth-order valence-electron chi connectivity index (χ4n) is 1.31. The van der Waals surface area contributed by atoms with Gasteiger partial charge in [0.15, 0.2) is 0 Å². The lowest BCUT2D eigenvalue weighted by atomic mass is 10.2. The van der Waals surface area contributed by atoms with Gasteiger partial charge in [-0.3, -0.25) is 0 Å². The average Bonchev–Trinajstić information content (AvgIpc) is 2.31. The van der Waals surface area contributed by atoms with Crippen molar-refractivity contribution in [2.45, 2.75) is 38.8 Å². The van der Waals surface area contributed by atoms with Crippen molar-refractivity contribution in [3.63, 3.8) is 0 Å². The van der Waals surface area contributed by atoms with Crippen molar-refractivity contribution in [3.05, 3.63) is 0 Å². The van der Waals surface area contributed by atoms with Crippen LogP contribution in [0.2, 0.25) is 0 Å². The summed E-state index contributed by atoms with van der Waals surface area (Å²) in [5.74, 6) is 0. The Morgan fingerprint density at radius 3 is 2.90 bits per heavy atom. The highest BCUT2D eigenvalue weighted by molar-refractivity contribution is 4.78. The standard InChI is InChI=1S/C8H17NO/c1-3-4-10-8-5-7(2)9-6-8/h7-9H,3-6H2,1-2H3/t7-,8-/m0/s1. The first kappa shape index (κ1) is 8.02. The van der Waals surface area contributed by atoms with Crippen LogP contribution in [0.15, 0.2) is 0 Å². The second kappa shape index (κ2) is 3.94. The molecule has 0 aromatic carbocycles. The molecule has 2 nitrogen and oxygen atoms in total. The highest BCUT2D eigenvalue weighted by Gasteiger charge is 2.20. The van der Waals surface area contributed by atoms with E-state index in [9.17, 15) is 0 Å². The first-order valence-corrected chi connectivity index (χ1v) is 4.18. The molecule has 1 aliphatic heterocycles. The van der Waals surface area contributed by atoms with Gasteiger partial charge in [-0.25, -0.2) is 0 Å². The average molecular weight is 143 g/mol. The Kier molecular flexibility index (Phi) is 3.16. The van der Waals surface area contributed by atoms with E-state index < -0.39 is 0 Å². The van der Waals surface area contributed by atoms with Crippen LogP contribution >= 0.6 is 0 Å². The lowest BCUT2D eigenvalue weighted by Crippen LogP contribution is -2.19. The number of rotatable bonds is 3. The molecule has 10 heavy (non-hydrogen) atoms. The molecule has 0 spiro atoms. The van der Waals surface area contributed by atoms with Crippen molar-refractivity contribution in [1.82, 2.24) is 5.32 Å². The zero-order valence-corrected chi connectivity index (χ0v) is 6.89. The molecule has 0 saturated carbocycles. The van der Waals surface area contributed by atoms with Crippen LogP contribution in [0.1, 0.15) is 26.7 Å². The van der Waals surface area contributed by atoms with Gasteiger partial charge in [0.05, 0.1) is 6.10 Å². The molecule has 0 aromatic rings. The van der Waals surface area contributed by atoms with Crippen LogP contribution in [0.4, 0.5) is 0 Å². The van der Waals surface area contributed by atoms with Crippen LogP contribution in [-0.4, -0.2) is 25.3 Å². The summed E-state index contributed by atoms with van der Waals surface area (Å²) in [6, 6.07) is 0.654. The van der Waals surface area contributed by atoms with E-state index in [0.717, 1.165) is 19.6 Å². The third-order valence-corrected chi connectivity index (χ3v) is 1.87. The molecule has 2 atom stereocenters. The maximum Gasteiger partial charge on any atom is 0.0714 e. The third kappa shape index (κ3) is 2.27. The summed E-state index contributed by atoms with van der Waals surface area (Å²) in [6.45, 7) is 6.31. The molecule has 0 bridgehead atoms. The van der Waals surface area contributed by atoms with Gasteiger partial charge in [0.25, 0.3) is 0 Å². The topological polar surface area (TPSA) is 21.3 Å². The first-order chi connectivity index (χ1) is 4.83. The van der Waals surface area contributed by atoms with Gasteiger partial charge in [-0.2, -0.15) is 0 Å². The Hall–Kier alpha value is -0.0800. The van der Waals surface area contributed by atoms with Gasteiger partial charge in [0, 0.05) is 19.2 Å². The molecular formula is C8H17NO. The summed E-state index contributed by atoms with van der Waals surface area (Å²) < 4.78 is 5.56. The third-order valence-electron chi connectivity index (χ3n) is 1.87. The van der Waals surface area contributed by atoms with Gasteiger partial charge in [0.1, 0.15) is 0 Å². The summed E-state index contributed by atoms with van der Waals surface area (Å²) in [5.41, 5.74) is 0. The molecule has 0 radical (unpaired) electrons. The Labute approximate surface area is 63.0 Å². The molecular weight excluding hydrogens is 126 g/mol. The summed E-state index contributed by atoms with van der Waals surface area (Å²) in [6.07, 6.45) is 2.79. The van der Waals surface area contributed by atoms with Gasteiger partial charge in [-0.1, -0.05) is 6.92 Å². The summed E-state index contributed by atoms with van der Waals surface area (Å²) in [4.78, 5) is 0. The molecule has 60 valence electrons. The van der Waals surface area contributed by atoms with Crippen molar-refractivity contribution in [2.75, 3.05) is 13.2 Å². The molecule has 0 unspecified atom stereocenters. The van der Waals surface area contributed by atoms with E-state index in [1.165, 1.54) is 6.42 Å². The van der Waals surface area contributed by atoms with Crippen LogP contribution in [0, 0.1) is 0 Å². The Morgan fingerprint density at radius 1 is 1.60 bits per heavy atom. The number of hydrogen-bond donors (Lipinski definition) is 1. The van der Waals surface area contributed by atoms with E-state index in [-0.39, 0.29) is 0 Å². The normalized spacial score (nSPS) is 33.0. The quantitative estimate of drug-likeness (QED) is 0.640. The molecule has 0 aromatic heterocycles.